The standard InChI is InChI=1S/C27H31N3O4/c1-15-11-16(2)22(17(3)12-15)29-26(34)28-21-14-19-10-8-7-9-18(19)13-20(21)24(31)30-23(25(32)33)27(4,5)6/h7-14,23H,1-6H3,(H,30,31)(H,32,33)(H2,28,29,34)/t23-/m1/s1. The molecule has 0 radical (unpaired) electrons. The molecule has 0 aromatic heterocycles. The average molecular weight is 462 g/mol. The molecule has 0 heterocycles. The molecule has 1 atom stereocenters. The maximum absolute atomic E-state index is 13.2. The van der Waals surface area contributed by atoms with E-state index < -0.39 is 29.4 Å². The molecule has 3 rings (SSSR count). The predicted molar refractivity (Wildman–Crippen MR) is 136 cm³/mol. The van der Waals surface area contributed by atoms with Crippen molar-refractivity contribution in [2.24, 2.45) is 5.41 Å². The molecule has 3 amide bonds. The Bertz CT molecular complexity index is 1250. The number of carbonyl (C=O) groups is 3. The lowest BCUT2D eigenvalue weighted by Crippen LogP contribution is -2.49. The van der Waals surface area contributed by atoms with Gasteiger partial charge in [0.15, 0.2) is 0 Å². The number of carboxylic acids is 1. The molecule has 0 saturated heterocycles. The van der Waals surface area contributed by atoms with Crippen molar-refractivity contribution < 1.29 is 19.5 Å². The molecular formula is C27H31N3O4. The van der Waals surface area contributed by atoms with E-state index in [0.29, 0.717) is 5.69 Å². The summed E-state index contributed by atoms with van der Waals surface area (Å²) >= 11 is 0. The Balaban J connectivity index is 1.96. The van der Waals surface area contributed by atoms with Crippen molar-refractivity contribution in [2.75, 3.05) is 10.6 Å². The lowest BCUT2D eigenvalue weighted by molar-refractivity contribution is -0.142. The number of benzene rings is 3. The summed E-state index contributed by atoms with van der Waals surface area (Å²) in [5.74, 6) is -1.70. The lowest BCUT2D eigenvalue weighted by atomic mass is 9.86. The molecule has 3 aromatic carbocycles. The van der Waals surface area contributed by atoms with Gasteiger partial charge in [0.05, 0.1) is 11.3 Å². The Labute approximate surface area is 199 Å². The van der Waals surface area contributed by atoms with Gasteiger partial charge in [-0.25, -0.2) is 9.59 Å². The number of nitrogens with one attached hydrogen (secondary N) is 3. The Hall–Kier alpha value is -3.87. The summed E-state index contributed by atoms with van der Waals surface area (Å²) in [6, 6.07) is 13.2. The van der Waals surface area contributed by atoms with Crippen LogP contribution in [0.5, 0.6) is 0 Å². The van der Waals surface area contributed by atoms with Gasteiger partial charge in [-0.1, -0.05) is 62.7 Å². The third kappa shape index (κ3) is 5.54. The van der Waals surface area contributed by atoms with E-state index >= 15 is 0 Å². The first kappa shape index (κ1) is 24.8. The molecule has 0 fully saturated rings. The molecule has 178 valence electrons. The van der Waals surface area contributed by atoms with Gasteiger partial charge in [-0.3, -0.25) is 4.79 Å². The second-order valence-electron chi connectivity index (χ2n) is 9.71. The van der Waals surface area contributed by atoms with Crippen molar-refractivity contribution in [1.29, 1.82) is 0 Å². The number of carboxylic acid groups (broad SMARTS) is 1. The highest BCUT2D eigenvalue weighted by molar-refractivity contribution is 6.10. The van der Waals surface area contributed by atoms with Gasteiger partial charge < -0.3 is 21.1 Å². The molecule has 0 bridgehead atoms. The molecule has 3 aromatic rings. The van der Waals surface area contributed by atoms with Crippen molar-refractivity contribution in [3.8, 4) is 0 Å². The van der Waals surface area contributed by atoms with E-state index in [1.165, 1.54) is 0 Å². The van der Waals surface area contributed by atoms with E-state index in [2.05, 4.69) is 16.0 Å². The highest BCUT2D eigenvalue weighted by atomic mass is 16.4. The third-order valence-corrected chi connectivity index (χ3v) is 5.68. The predicted octanol–water partition coefficient (Wildman–Crippen LogP) is 5.64. The number of urea groups is 1. The van der Waals surface area contributed by atoms with Gasteiger partial charge in [-0.2, -0.15) is 0 Å². The first-order chi connectivity index (χ1) is 15.9. The summed E-state index contributed by atoms with van der Waals surface area (Å²) in [7, 11) is 0. The number of hydrogen-bond acceptors (Lipinski definition) is 3. The minimum absolute atomic E-state index is 0.182. The van der Waals surface area contributed by atoms with Crippen LogP contribution in [0.4, 0.5) is 16.2 Å². The van der Waals surface area contributed by atoms with Gasteiger partial charge in [0.25, 0.3) is 5.91 Å². The zero-order valence-electron chi connectivity index (χ0n) is 20.4. The van der Waals surface area contributed by atoms with Crippen LogP contribution in [0.1, 0.15) is 47.8 Å². The Kier molecular flexibility index (Phi) is 6.96. The van der Waals surface area contributed by atoms with Crippen molar-refractivity contribution >= 4 is 40.1 Å². The maximum atomic E-state index is 13.2. The molecule has 7 nitrogen and oxygen atoms in total. The topological polar surface area (TPSA) is 108 Å². The van der Waals surface area contributed by atoms with Crippen LogP contribution in [-0.2, 0) is 4.79 Å². The van der Waals surface area contributed by atoms with E-state index in [1.54, 1.807) is 32.9 Å². The first-order valence-corrected chi connectivity index (χ1v) is 11.1. The second-order valence-corrected chi connectivity index (χ2v) is 9.71. The van der Waals surface area contributed by atoms with Crippen molar-refractivity contribution in [2.45, 2.75) is 47.6 Å². The Morgan fingerprint density at radius 1 is 0.853 bits per heavy atom. The molecule has 0 saturated carbocycles. The summed E-state index contributed by atoms with van der Waals surface area (Å²) in [5.41, 5.74) is 3.42. The van der Waals surface area contributed by atoms with E-state index in [-0.39, 0.29) is 11.3 Å². The second kappa shape index (κ2) is 9.55. The van der Waals surface area contributed by atoms with Crippen molar-refractivity contribution in [3.63, 3.8) is 0 Å². The van der Waals surface area contributed by atoms with Crippen molar-refractivity contribution in [3.05, 3.63) is 70.8 Å². The molecule has 34 heavy (non-hydrogen) atoms. The Morgan fingerprint density at radius 3 is 1.94 bits per heavy atom. The van der Waals surface area contributed by atoms with Crippen molar-refractivity contribution in [1.82, 2.24) is 5.32 Å². The Morgan fingerprint density at radius 2 is 1.41 bits per heavy atom. The van der Waals surface area contributed by atoms with Gasteiger partial charge in [-0.05, 0) is 60.2 Å². The molecule has 0 aliphatic rings. The van der Waals surface area contributed by atoms with E-state index in [0.717, 1.165) is 27.5 Å². The van der Waals surface area contributed by atoms with Crippen LogP contribution < -0.4 is 16.0 Å². The summed E-state index contributed by atoms with van der Waals surface area (Å²) in [4.78, 5) is 37.9. The number of hydrogen-bond donors (Lipinski definition) is 4. The molecule has 0 spiro atoms. The van der Waals surface area contributed by atoms with Crippen LogP contribution in [0.3, 0.4) is 0 Å². The van der Waals surface area contributed by atoms with Crippen LogP contribution in [0.25, 0.3) is 10.8 Å². The summed E-state index contributed by atoms with van der Waals surface area (Å²) in [6.07, 6.45) is 0. The number of aryl methyl sites for hydroxylation is 3. The van der Waals surface area contributed by atoms with E-state index in [1.807, 2.05) is 57.2 Å². The zero-order chi connectivity index (χ0) is 25.2. The monoisotopic (exact) mass is 461 g/mol. The van der Waals surface area contributed by atoms with Crippen LogP contribution in [0, 0.1) is 26.2 Å². The number of carbonyl (C=O) groups excluding carboxylic acids is 2. The average Bonchev–Trinajstić information content (AvgIpc) is 2.72. The smallest absolute Gasteiger partial charge is 0.326 e. The zero-order valence-corrected chi connectivity index (χ0v) is 20.4. The molecule has 0 aliphatic carbocycles. The van der Waals surface area contributed by atoms with Crippen LogP contribution in [-0.4, -0.2) is 29.1 Å². The highest BCUT2D eigenvalue weighted by Crippen LogP contribution is 2.27. The van der Waals surface area contributed by atoms with Gasteiger partial charge in [0, 0.05) is 5.69 Å². The fraction of sp³-hybridized carbons (Fsp3) is 0.296. The fourth-order valence-electron chi connectivity index (χ4n) is 4.03. The van der Waals surface area contributed by atoms with Gasteiger partial charge >= 0.3 is 12.0 Å². The first-order valence-electron chi connectivity index (χ1n) is 11.1. The lowest BCUT2D eigenvalue weighted by Gasteiger charge is -2.28. The molecule has 4 N–H and O–H groups in total. The van der Waals surface area contributed by atoms with Crippen LogP contribution in [0.2, 0.25) is 0 Å². The molecule has 7 heteroatoms. The molecule has 0 aliphatic heterocycles. The number of anilines is 2. The number of aliphatic carboxylic acids is 1. The fourth-order valence-corrected chi connectivity index (χ4v) is 4.03. The minimum Gasteiger partial charge on any atom is -0.480 e. The number of amides is 3. The van der Waals surface area contributed by atoms with Gasteiger partial charge in [-0.15, -0.1) is 0 Å². The molecule has 0 unspecified atom stereocenters. The summed E-state index contributed by atoms with van der Waals surface area (Å²) in [6.45, 7) is 11.1. The van der Waals surface area contributed by atoms with Gasteiger partial charge in [0.1, 0.15) is 6.04 Å². The molecular weight excluding hydrogens is 430 g/mol. The highest BCUT2D eigenvalue weighted by Gasteiger charge is 2.33. The number of fused-ring (bicyclic) bond motifs is 1. The third-order valence-electron chi connectivity index (χ3n) is 5.68. The van der Waals surface area contributed by atoms with E-state index in [9.17, 15) is 19.5 Å². The van der Waals surface area contributed by atoms with Crippen LogP contribution in [0.15, 0.2) is 48.5 Å². The maximum Gasteiger partial charge on any atom is 0.326 e. The quantitative estimate of drug-likeness (QED) is 0.394. The van der Waals surface area contributed by atoms with E-state index in [4.69, 9.17) is 0 Å². The number of rotatable bonds is 5. The summed E-state index contributed by atoms with van der Waals surface area (Å²) in [5, 5.41) is 19.5. The normalized spacial score (nSPS) is 12.2. The van der Waals surface area contributed by atoms with Crippen LogP contribution >= 0.6 is 0 Å². The largest absolute Gasteiger partial charge is 0.480 e. The summed E-state index contributed by atoms with van der Waals surface area (Å²) < 4.78 is 0. The minimum atomic E-state index is -1.13. The van der Waals surface area contributed by atoms with Gasteiger partial charge in [0.2, 0.25) is 0 Å². The SMILES string of the molecule is Cc1cc(C)c(NC(=O)Nc2cc3ccccc3cc2C(=O)N[C@H](C(=O)O)C(C)(C)C)c(C)c1.